The molecule has 1 fully saturated rings. The van der Waals surface area contributed by atoms with Gasteiger partial charge in [-0.3, -0.25) is 14.6 Å². The number of likely N-dealkylation sites (tertiary alicyclic amines) is 1. The van der Waals surface area contributed by atoms with Gasteiger partial charge in [0, 0.05) is 31.0 Å². The summed E-state index contributed by atoms with van der Waals surface area (Å²) >= 11 is 0. The van der Waals surface area contributed by atoms with Crippen molar-refractivity contribution in [1.29, 1.82) is 0 Å². The highest BCUT2D eigenvalue weighted by Crippen LogP contribution is 2.41. The number of Topliss-reactive ketones (excluding diaryl/α,β-unsaturated/α-hetero) is 1. The zero-order valence-electron chi connectivity index (χ0n) is 16.5. The summed E-state index contributed by atoms with van der Waals surface area (Å²) in [4.78, 5) is 32.8. The maximum atomic E-state index is 12.8. The minimum absolute atomic E-state index is 0.0236. The molecule has 1 unspecified atom stereocenters. The molecule has 1 aromatic heterocycles. The maximum absolute atomic E-state index is 12.8. The quantitative estimate of drug-likeness (QED) is 0.435. The number of hydrogen-bond donors (Lipinski definition) is 2. The first kappa shape index (κ1) is 20.3. The molecule has 2 N–H and O–H groups in total. The van der Waals surface area contributed by atoms with Crippen LogP contribution in [0.25, 0.3) is 5.76 Å². The lowest BCUT2D eigenvalue weighted by Crippen LogP contribution is -2.35. The van der Waals surface area contributed by atoms with Crippen LogP contribution in [0, 0.1) is 0 Å². The lowest BCUT2D eigenvalue weighted by atomic mass is 9.95. The Kier molecular flexibility index (Phi) is 5.84. The van der Waals surface area contributed by atoms with Crippen LogP contribution in [0.4, 0.5) is 0 Å². The van der Waals surface area contributed by atoms with Gasteiger partial charge in [0.15, 0.2) is 11.5 Å². The van der Waals surface area contributed by atoms with Crippen LogP contribution in [0.5, 0.6) is 11.5 Å². The number of benzene rings is 1. The number of ketones is 1. The van der Waals surface area contributed by atoms with Crippen molar-refractivity contribution in [3.05, 3.63) is 59.4 Å². The molecule has 1 saturated heterocycles. The summed E-state index contributed by atoms with van der Waals surface area (Å²) in [7, 11) is 5.16. The molecule has 1 aliphatic heterocycles. The molecule has 0 saturated carbocycles. The first-order valence-corrected chi connectivity index (χ1v) is 9.05. The largest absolute Gasteiger partial charge is 0.507 e. The number of hydrogen-bond acceptors (Lipinski definition) is 7. The Morgan fingerprint density at radius 3 is 2.48 bits per heavy atom. The minimum atomic E-state index is -0.833. The van der Waals surface area contributed by atoms with Crippen LogP contribution in [0.1, 0.15) is 17.2 Å². The number of aliphatic hydroxyl groups excluding tert-OH is 1. The predicted octanol–water partition coefficient (Wildman–Crippen LogP) is 1.78. The van der Waals surface area contributed by atoms with E-state index in [4.69, 9.17) is 4.74 Å². The van der Waals surface area contributed by atoms with Gasteiger partial charge in [0.25, 0.3) is 11.7 Å². The zero-order chi connectivity index (χ0) is 21.1. The zero-order valence-corrected chi connectivity index (χ0v) is 16.5. The molecule has 0 radical (unpaired) electrons. The van der Waals surface area contributed by atoms with E-state index in [1.54, 1.807) is 24.3 Å². The van der Waals surface area contributed by atoms with Crippen molar-refractivity contribution >= 4 is 17.4 Å². The van der Waals surface area contributed by atoms with E-state index in [1.807, 2.05) is 19.0 Å². The summed E-state index contributed by atoms with van der Waals surface area (Å²) < 4.78 is 5.08. The highest BCUT2D eigenvalue weighted by molar-refractivity contribution is 6.46. The molecular weight excluding hydrogens is 374 g/mol. The van der Waals surface area contributed by atoms with Gasteiger partial charge in [0.2, 0.25) is 0 Å². The van der Waals surface area contributed by atoms with E-state index >= 15 is 0 Å². The molecule has 29 heavy (non-hydrogen) atoms. The number of carbonyl (C=O) groups excluding carboxylic acids is 2. The number of aromatic hydroxyl groups is 1. The van der Waals surface area contributed by atoms with Gasteiger partial charge in [0.1, 0.15) is 5.76 Å². The Morgan fingerprint density at radius 1 is 1.21 bits per heavy atom. The van der Waals surface area contributed by atoms with Crippen LogP contribution < -0.4 is 4.74 Å². The van der Waals surface area contributed by atoms with Crippen LogP contribution in [-0.4, -0.2) is 71.0 Å². The molecule has 8 heteroatoms. The van der Waals surface area contributed by atoms with Crippen molar-refractivity contribution in [3.8, 4) is 11.5 Å². The Labute approximate surface area is 168 Å². The Morgan fingerprint density at radius 2 is 1.90 bits per heavy atom. The fourth-order valence-electron chi connectivity index (χ4n) is 3.31. The van der Waals surface area contributed by atoms with Crippen molar-refractivity contribution < 1.29 is 24.5 Å². The molecule has 2 heterocycles. The Balaban J connectivity index is 2.16. The number of amides is 1. The molecule has 152 valence electrons. The summed E-state index contributed by atoms with van der Waals surface area (Å²) in [6, 6.07) is 6.95. The van der Waals surface area contributed by atoms with Gasteiger partial charge in [-0.15, -0.1) is 0 Å². The van der Waals surface area contributed by atoms with Crippen LogP contribution in [-0.2, 0) is 9.59 Å². The van der Waals surface area contributed by atoms with Gasteiger partial charge in [-0.05, 0) is 43.9 Å². The summed E-state index contributed by atoms with van der Waals surface area (Å²) in [5.41, 5.74) is 0.856. The van der Waals surface area contributed by atoms with Crippen LogP contribution in [0.2, 0.25) is 0 Å². The van der Waals surface area contributed by atoms with Crippen LogP contribution >= 0.6 is 0 Å². The molecule has 0 spiro atoms. The van der Waals surface area contributed by atoms with Gasteiger partial charge >= 0.3 is 0 Å². The number of pyridine rings is 1. The monoisotopic (exact) mass is 397 g/mol. The first-order valence-electron chi connectivity index (χ1n) is 9.05. The van der Waals surface area contributed by atoms with Crippen molar-refractivity contribution in [2.45, 2.75) is 6.04 Å². The molecule has 0 bridgehead atoms. The van der Waals surface area contributed by atoms with Gasteiger partial charge in [0.05, 0.1) is 18.7 Å². The number of nitrogens with zero attached hydrogens (tertiary/aromatic N) is 3. The summed E-state index contributed by atoms with van der Waals surface area (Å²) in [5.74, 6) is -1.58. The van der Waals surface area contributed by atoms with E-state index < -0.39 is 17.7 Å². The number of rotatable bonds is 6. The lowest BCUT2D eigenvalue weighted by Gasteiger charge is -2.26. The van der Waals surface area contributed by atoms with Gasteiger partial charge in [-0.1, -0.05) is 6.07 Å². The second-order valence-electron chi connectivity index (χ2n) is 6.96. The lowest BCUT2D eigenvalue weighted by molar-refractivity contribution is -0.140. The van der Waals surface area contributed by atoms with Crippen LogP contribution in [0.15, 0.2) is 48.3 Å². The fourth-order valence-corrected chi connectivity index (χ4v) is 3.31. The standard InChI is InChI=1S/C21H23N3O5/c1-23(2)10-11-24-18(14-4-5-16(29-3)15(25)12-14)17(20(27)21(24)28)19(26)13-6-8-22-9-7-13/h4-9,12,18,25-26H,10-11H2,1-3H3/b19-17-. The smallest absolute Gasteiger partial charge is 0.295 e. The van der Waals surface area contributed by atoms with Gasteiger partial charge < -0.3 is 24.7 Å². The maximum Gasteiger partial charge on any atom is 0.295 e. The molecular formula is C21H23N3O5. The molecule has 1 aliphatic rings. The molecule has 1 amide bonds. The summed E-state index contributed by atoms with van der Waals surface area (Å²) in [5, 5.41) is 21.1. The SMILES string of the molecule is COc1ccc(C2/C(=C(/O)c3ccncc3)C(=O)C(=O)N2CCN(C)C)cc1O. The second-order valence-corrected chi connectivity index (χ2v) is 6.96. The van der Waals surface area contributed by atoms with Crippen molar-refractivity contribution in [1.82, 2.24) is 14.8 Å². The molecule has 1 aromatic carbocycles. The highest BCUT2D eigenvalue weighted by atomic mass is 16.5. The summed E-state index contributed by atoms with van der Waals surface area (Å²) in [6.45, 7) is 0.809. The normalized spacial score (nSPS) is 18.5. The number of aliphatic hydroxyl groups is 1. The topological polar surface area (TPSA) is 103 Å². The average molecular weight is 397 g/mol. The molecule has 2 aromatic rings. The first-order chi connectivity index (χ1) is 13.8. The van der Waals surface area contributed by atoms with E-state index in [9.17, 15) is 19.8 Å². The third kappa shape index (κ3) is 3.93. The molecule has 1 atom stereocenters. The third-order valence-electron chi connectivity index (χ3n) is 4.80. The molecule has 0 aliphatic carbocycles. The number of phenols is 1. The van der Waals surface area contributed by atoms with E-state index in [1.165, 1.54) is 30.5 Å². The van der Waals surface area contributed by atoms with Gasteiger partial charge in [-0.2, -0.15) is 0 Å². The number of ether oxygens (including phenoxy) is 1. The van der Waals surface area contributed by atoms with E-state index in [-0.39, 0.29) is 29.4 Å². The number of phenolic OH excluding ortho intramolecular Hbond substituents is 1. The second kappa shape index (κ2) is 8.32. The van der Waals surface area contributed by atoms with Crippen LogP contribution in [0.3, 0.4) is 0 Å². The molecule has 8 nitrogen and oxygen atoms in total. The van der Waals surface area contributed by atoms with Crippen molar-refractivity contribution in [2.75, 3.05) is 34.3 Å². The predicted molar refractivity (Wildman–Crippen MR) is 106 cm³/mol. The van der Waals surface area contributed by atoms with Crippen molar-refractivity contribution in [2.24, 2.45) is 0 Å². The van der Waals surface area contributed by atoms with Crippen molar-refractivity contribution in [3.63, 3.8) is 0 Å². The molecule has 3 rings (SSSR count). The van der Waals surface area contributed by atoms with E-state index in [0.29, 0.717) is 17.7 Å². The number of carbonyl (C=O) groups is 2. The van der Waals surface area contributed by atoms with E-state index in [0.717, 1.165) is 0 Å². The Bertz CT molecular complexity index is 956. The highest BCUT2D eigenvalue weighted by Gasteiger charge is 2.46. The number of likely N-dealkylation sites (N-methyl/N-ethyl adjacent to an activating group) is 1. The summed E-state index contributed by atoms with van der Waals surface area (Å²) in [6.07, 6.45) is 2.98. The number of aromatic nitrogens is 1. The minimum Gasteiger partial charge on any atom is -0.507 e. The number of methoxy groups -OCH3 is 1. The fraction of sp³-hybridized carbons (Fsp3) is 0.286. The average Bonchev–Trinajstić information content (AvgIpc) is 2.97. The van der Waals surface area contributed by atoms with E-state index in [2.05, 4.69) is 4.98 Å². The Hall–Kier alpha value is -3.39. The third-order valence-corrected chi connectivity index (χ3v) is 4.80. The van der Waals surface area contributed by atoms with Gasteiger partial charge in [-0.25, -0.2) is 0 Å².